The summed E-state index contributed by atoms with van der Waals surface area (Å²) in [4.78, 5) is 0.627. The predicted molar refractivity (Wildman–Crippen MR) is 103 cm³/mol. The summed E-state index contributed by atoms with van der Waals surface area (Å²) in [6.45, 7) is 3.58. The number of hydrogen-bond acceptors (Lipinski definition) is 4. The Morgan fingerprint density at radius 1 is 1.20 bits per heavy atom. The van der Waals surface area contributed by atoms with Crippen molar-refractivity contribution in [2.24, 2.45) is 4.40 Å². The van der Waals surface area contributed by atoms with Crippen molar-refractivity contribution in [3.63, 3.8) is 0 Å². The normalized spacial score (nSPS) is 12.8. The highest BCUT2D eigenvalue weighted by Crippen LogP contribution is 2.23. The lowest BCUT2D eigenvalue weighted by Gasteiger charge is -2.05. The molecule has 0 radical (unpaired) electrons. The van der Waals surface area contributed by atoms with Crippen molar-refractivity contribution in [3.8, 4) is 0 Å². The zero-order valence-corrected chi connectivity index (χ0v) is 16.8. The molecule has 0 N–H and O–H groups in total. The van der Waals surface area contributed by atoms with Gasteiger partial charge in [-0.05, 0) is 37.3 Å². The van der Waals surface area contributed by atoms with E-state index in [0.29, 0.717) is 24.6 Å². The molecule has 3 aromatic rings. The molecule has 0 unspecified atom stereocenters. The zero-order valence-electron chi connectivity index (χ0n) is 13.6. The van der Waals surface area contributed by atoms with Gasteiger partial charge in [-0.1, -0.05) is 45.5 Å². The van der Waals surface area contributed by atoms with Gasteiger partial charge in [-0.15, -0.1) is 4.40 Å². The molecule has 1 heterocycles. The lowest BCUT2D eigenvalue weighted by atomic mass is 10.3. The van der Waals surface area contributed by atoms with Crippen LogP contribution in [0.15, 0.2) is 62.3 Å². The number of rotatable bonds is 6. The summed E-state index contributed by atoms with van der Waals surface area (Å²) >= 11 is 4.80. The highest BCUT2D eigenvalue weighted by molar-refractivity contribution is 9.10. The van der Waals surface area contributed by atoms with E-state index in [1.165, 1.54) is 11.3 Å². The zero-order chi connectivity index (χ0) is 17.9. The van der Waals surface area contributed by atoms with Crippen LogP contribution in [-0.2, 0) is 21.3 Å². The smallest absolute Gasteiger partial charge is 0.285 e. The van der Waals surface area contributed by atoms with E-state index in [4.69, 9.17) is 4.74 Å². The minimum Gasteiger partial charge on any atom is -0.380 e. The van der Waals surface area contributed by atoms with Gasteiger partial charge in [0.1, 0.15) is 0 Å². The first-order valence-electron chi connectivity index (χ1n) is 7.74. The van der Waals surface area contributed by atoms with Gasteiger partial charge in [0.15, 0.2) is 0 Å². The molecule has 0 fully saturated rings. The molecule has 0 bridgehead atoms. The minimum atomic E-state index is -3.76. The lowest BCUT2D eigenvalue weighted by molar-refractivity contribution is 0.139. The number of fused-ring (bicyclic) bond motifs is 1. The molecule has 132 valence electrons. The molecule has 0 amide bonds. The lowest BCUT2D eigenvalue weighted by Crippen LogP contribution is -2.19. The Bertz CT molecular complexity index is 1040. The fourth-order valence-electron chi connectivity index (χ4n) is 2.38. The molecule has 5 nitrogen and oxygen atoms in total. The molecular formula is C17H17BrN2O3S2. The van der Waals surface area contributed by atoms with Crippen LogP contribution in [0.4, 0.5) is 0 Å². The van der Waals surface area contributed by atoms with Gasteiger partial charge in [-0.25, -0.2) is 0 Å². The Hall–Kier alpha value is -1.48. The van der Waals surface area contributed by atoms with Gasteiger partial charge >= 0.3 is 0 Å². The molecule has 0 atom stereocenters. The van der Waals surface area contributed by atoms with Crippen molar-refractivity contribution in [1.29, 1.82) is 0 Å². The summed E-state index contributed by atoms with van der Waals surface area (Å²) in [6.07, 6.45) is 0. The molecule has 0 aliphatic heterocycles. The first kappa shape index (κ1) is 18.3. The predicted octanol–water partition coefficient (Wildman–Crippen LogP) is 3.79. The van der Waals surface area contributed by atoms with Crippen molar-refractivity contribution in [2.45, 2.75) is 18.4 Å². The molecule has 2 aromatic carbocycles. The van der Waals surface area contributed by atoms with Crippen LogP contribution >= 0.6 is 27.3 Å². The molecule has 0 aliphatic rings. The Labute approximate surface area is 158 Å². The van der Waals surface area contributed by atoms with Gasteiger partial charge < -0.3 is 9.30 Å². The number of aromatic nitrogens is 1. The second kappa shape index (κ2) is 7.82. The Kier molecular flexibility index (Phi) is 5.73. The van der Waals surface area contributed by atoms with Crippen molar-refractivity contribution in [2.75, 3.05) is 13.2 Å². The van der Waals surface area contributed by atoms with Crippen LogP contribution in [0, 0.1) is 0 Å². The van der Waals surface area contributed by atoms with E-state index in [9.17, 15) is 8.42 Å². The number of halogens is 1. The highest BCUT2D eigenvalue weighted by atomic mass is 79.9. The summed E-state index contributed by atoms with van der Waals surface area (Å²) in [7, 11) is -3.76. The summed E-state index contributed by atoms with van der Waals surface area (Å²) in [6, 6.07) is 14.1. The Morgan fingerprint density at radius 2 is 1.96 bits per heavy atom. The largest absolute Gasteiger partial charge is 0.380 e. The van der Waals surface area contributed by atoms with Crippen LogP contribution in [0.1, 0.15) is 6.92 Å². The molecular weight excluding hydrogens is 424 g/mol. The van der Waals surface area contributed by atoms with Crippen LogP contribution < -0.4 is 4.80 Å². The van der Waals surface area contributed by atoms with E-state index >= 15 is 0 Å². The van der Waals surface area contributed by atoms with Crippen LogP contribution in [0.25, 0.3) is 10.2 Å². The number of thiazole rings is 1. The van der Waals surface area contributed by atoms with Crippen molar-refractivity contribution >= 4 is 47.5 Å². The fourth-order valence-corrected chi connectivity index (χ4v) is 5.21. The van der Waals surface area contributed by atoms with Crippen LogP contribution in [0.3, 0.4) is 0 Å². The average molecular weight is 441 g/mol. The molecule has 1 aromatic heterocycles. The molecule has 8 heteroatoms. The van der Waals surface area contributed by atoms with Crippen LogP contribution in [0.5, 0.6) is 0 Å². The standard InChI is InChI=1S/C17H17BrN2O3S2/c1-2-23-11-10-20-15-9-8-13(18)12-16(15)24-17(20)19-25(21,22)14-6-4-3-5-7-14/h3-9,12H,2,10-11H2,1H3/b19-17-. The van der Waals surface area contributed by atoms with E-state index < -0.39 is 10.0 Å². The third kappa shape index (κ3) is 4.20. The molecule has 3 rings (SSSR count). The van der Waals surface area contributed by atoms with Crippen molar-refractivity contribution < 1.29 is 13.2 Å². The molecule has 0 saturated carbocycles. The number of hydrogen-bond donors (Lipinski definition) is 0. The van der Waals surface area contributed by atoms with E-state index in [-0.39, 0.29) is 4.90 Å². The van der Waals surface area contributed by atoms with Crippen molar-refractivity contribution in [1.82, 2.24) is 4.57 Å². The fraction of sp³-hybridized carbons (Fsp3) is 0.235. The summed E-state index contributed by atoms with van der Waals surface area (Å²) in [5.41, 5.74) is 0.940. The average Bonchev–Trinajstić information content (AvgIpc) is 2.91. The number of ether oxygens (including phenoxy) is 1. The summed E-state index contributed by atoms with van der Waals surface area (Å²) < 4.78 is 38.5. The van der Waals surface area contributed by atoms with E-state index in [1.807, 2.05) is 29.7 Å². The third-order valence-corrected chi connectivity index (χ3v) is 6.48. The van der Waals surface area contributed by atoms with E-state index in [0.717, 1.165) is 14.7 Å². The van der Waals surface area contributed by atoms with Gasteiger partial charge in [0.2, 0.25) is 4.80 Å². The maximum Gasteiger partial charge on any atom is 0.285 e. The molecule has 0 saturated heterocycles. The second-order valence-corrected chi connectivity index (χ2v) is 8.75. The Morgan fingerprint density at radius 3 is 2.68 bits per heavy atom. The Balaban J connectivity index is 2.15. The van der Waals surface area contributed by atoms with Gasteiger partial charge in [0.25, 0.3) is 10.0 Å². The molecule has 25 heavy (non-hydrogen) atoms. The second-order valence-electron chi connectivity index (χ2n) is 5.22. The number of benzene rings is 2. The van der Waals surface area contributed by atoms with E-state index in [2.05, 4.69) is 20.3 Å². The SMILES string of the molecule is CCOCCn1/c(=N/S(=O)(=O)c2ccccc2)sc2cc(Br)ccc21. The minimum absolute atomic E-state index is 0.185. The first-order valence-corrected chi connectivity index (χ1v) is 10.8. The number of nitrogens with zero attached hydrogens (tertiary/aromatic N) is 2. The van der Waals surface area contributed by atoms with Gasteiger partial charge in [0, 0.05) is 17.6 Å². The molecule has 0 spiro atoms. The van der Waals surface area contributed by atoms with E-state index in [1.54, 1.807) is 30.3 Å². The van der Waals surface area contributed by atoms with Gasteiger partial charge in [0.05, 0.1) is 21.7 Å². The summed E-state index contributed by atoms with van der Waals surface area (Å²) in [5, 5.41) is 0. The highest BCUT2D eigenvalue weighted by Gasteiger charge is 2.14. The summed E-state index contributed by atoms with van der Waals surface area (Å²) in [5.74, 6) is 0. The van der Waals surface area contributed by atoms with Crippen molar-refractivity contribution in [3.05, 3.63) is 57.8 Å². The quantitative estimate of drug-likeness (QED) is 0.547. The monoisotopic (exact) mass is 440 g/mol. The molecule has 0 aliphatic carbocycles. The maximum atomic E-state index is 12.6. The van der Waals surface area contributed by atoms with Gasteiger partial charge in [-0.2, -0.15) is 8.42 Å². The number of sulfonamides is 1. The topological polar surface area (TPSA) is 60.7 Å². The maximum absolute atomic E-state index is 12.6. The van der Waals surface area contributed by atoms with Crippen LogP contribution in [-0.4, -0.2) is 26.2 Å². The third-order valence-electron chi connectivity index (χ3n) is 3.55. The van der Waals surface area contributed by atoms with Crippen LogP contribution in [0.2, 0.25) is 0 Å². The van der Waals surface area contributed by atoms with Gasteiger partial charge in [-0.3, -0.25) is 0 Å². The first-order chi connectivity index (χ1) is 12.0.